The second kappa shape index (κ2) is 10.4. The van der Waals surface area contributed by atoms with E-state index in [0.29, 0.717) is 24.2 Å². The highest BCUT2D eigenvalue weighted by molar-refractivity contribution is 6.29. The zero-order chi connectivity index (χ0) is 22.5. The lowest BCUT2D eigenvalue weighted by atomic mass is 10.00. The van der Waals surface area contributed by atoms with E-state index >= 15 is 0 Å². The molecule has 32 heavy (non-hydrogen) atoms. The van der Waals surface area contributed by atoms with Crippen LogP contribution in [0.2, 0.25) is 0 Å². The van der Waals surface area contributed by atoms with Crippen LogP contribution in [0.3, 0.4) is 0 Å². The summed E-state index contributed by atoms with van der Waals surface area (Å²) in [5, 5.41) is 0.754. The lowest BCUT2D eigenvalue weighted by Gasteiger charge is -2.40. The number of benzene rings is 1. The van der Waals surface area contributed by atoms with Crippen LogP contribution in [0, 0.1) is 11.8 Å². The summed E-state index contributed by atoms with van der Waals surface area (Å²) in [7, 11) is 0. The van der Waals surface area contributed by atoms with Gasteiger partial charge in [0.25, 0.3) is 5.56 Å². The fourth-order valence-electron chi connectivity index (χ4n) is 3.96. The molecule has 0 spiro atoms. The third-order valence-electron chi connectivity index (χ3n) is 5.59. The SMILES string of the molecule is CC(C)CN1CC(COc2ccc(-n3ccc(OCC4=NC=C(Cl)CC4)cc3=O)cc2)C1. The maximum Gasteiger partial charge on any atom is 0.258 e. The molecular formula is C25H30ClN3O3. The van der Waals surface area contributed by atoms with Gasteiger partial charge in [0.2, 0.25) is 0 Å². The number of aliphatic imine (C=N–C) groups is 1. The molecule has 1 saturated heterocycles. The smallest absolute Gasteiger partial charge is 0.258 e. The number of aromatic nitrogens is 1. The van der Waals surface area contributed by atoms with Gasteiger partial charge >= 0.3 is 0 Å². The lowest BCUT2D eigenvalue weighted by Crippen LogP contribution is -2.50. The Morgan fingerprint density at radius 1 is 1.09 bits per heavy atom. The van der Waals surface area contributed by atoms with Gasteiger partial charge in [0.05, 0.1) is 12.3 Å². The quantitative estimate of drug-likeness (QED) is 0.558. The van der Waals surface area contributed by atoms with Crippen molar-refractivity contribution in [2.45, 2.75) is 26.7 Å². The maximum absolute atomic E-state index is 12.6. The molecule has 0 bridgehead atoms. The largest absolute Gasteiger partial charge is 0.493 e. The monoisotopic (exact) mass is 455 g/mol. The van der Waals surface area contributed by atoms with Crippen molar-refractivity contribution in [3.05, 3.63) is 64.2 Å². The van der Waals surface area contributed by atoms with Gasteiger partial charge in [0, 0.05) is 54.7 Å². The fourth-order valence-corrected chi connectivity index (χ4v) is 4.10. The van der Waals surface area contributed by atoms with Gasteiger partial charge in [-0.25, -0.2) is 0 Å². The topological polar surface area (TPSA) is 56.1 Å². The summed E-state index contributed by atoms with van der Waals surface area (Å²) in [5.74, 6) is 2.65. The highest BCUT2D eigenvalue weighted by Gasteiger charge is 2.27. The van der Waals surface area contributed by atoms with Crippen molar-refractivity contribution >= 4 is 17.3 Å². The lowest BCUT2D eigenvalue weighted by molar-refractivity contribution is 0.0528. The van der Waals surface area contributed by atoms with Crippen LogP contribution in [-0.2, 0) is 0 Å². The van der Waals surface area contributed by atoms with Crippen LogP contribution in [0.1, 0.15) is 26.7 Å². The van der Waals surface area contributed by atoms with Crippen LogP contribution >= 0.6 is 11.6 Å². The molecule has 170 valence electrons. The molecule has 1 aromatic carbocycles. The first kappa shape index (κ1) is 22.6. The highest BCUT2D eigenvalue weighted by atomic mass is 35.5. The molecule has 0 radical (unpaired) electrons. The van der Waals surface area contributed by atoms with E-state index in [4.69, 9.17) is 21.1 Å². The minimum atomic E-state index is -0.149. The Bertz CT molecular complexity index is 1040. The molecule has 2 aliphatic heterocycles. The van der Waals surface area contributed by atoms with Gasteiger partial charge in [-0.05, 0) is 49.1 Å². The van der Waals surface area contributed by atoms with E-state index in [-0.39, 0.29) is 5.56 Å². The Morgan fingerprint density at radius 2 is 1.88 bits per heavy atom. The van der Waals surface area contributed by atoms with E-state index in [1.54, 1.807) is 23.0 Å². The number of rotatable bonds is 9. The fraction of sp³-hybridized carbons (Fsp3) is 0.440. The third-order valence-corrected chi connectivity index (χ3v) is 5.88. The summed E-state index contributed by atoms with van der Waals surface area (Å²) in [6.45, 7) is 8.96. The first-order chi connectivity index (χ1) is 15.5. The molecular weight excluding hydrogens is 426 g/mol. The van der Waals surface area contributed by atoms with Crippen molar-refractivity contribution in [1.82, 2.24) is 9.47 Å². The van der Waals surface area contributed by atoms with Gasteiger partial charge in [0.15, 0.2) is 0 Å². The van der Waals surface area contributed by atoms with Gasteiger partial charge in [-0.1, -0.05) is 25.4 Å². The average molecular weight is 456 g/mol. The molecule has 4 rings (SSSR count). The van der Waals surface area contributed by atoms with Crippen molar-refractivity contribution in [3.63, 3.8) is 0 Å². The second-order valence-corrected chi connectivity index (χ2v) is 9.40. The molecule has 7 heteroatoms. The Labute approximate surface area is 194 Å². The number of halogens is 1. The summed E-state index contributed by atoms with van der Waals surface area (Å²) < 4.78 is 13.3. The van der Waals surface area contributed by atoms with Crippen molar-refractivity contribution in [2.24, 2.45) is 16.8 Å². The summed E-state index contributed by atoms with van der Waals surface area (Å²) in [6, 6.07) is 10.9. The van der Waals surface area contributed by atoms with Crippen molar-refractivity contribution in [2.75, 3.05) is 32.8 Å². The number of nitrogens with zero attached hydrogens (tertiary/aromatic N) is 3. The molecule has 2 aromatic rings. The summed E-state index contributed by atoms with van der Waals surface area (Å²) >= 11 is 5.93. The second-order valence-electron chi connectivity index (χ2n) is 8.91. The van der Waals surface area contributed by atoms with Crippen molar-refractivity contribution < 1.29 is 9.47 Å². The zero-order valence-electron chi connectivity index (χ0n) is 18.7. The molecule has 6 nitrogen and oxygen atoms in total. The average Bonchev–Trinajstić information content (AvgIpc) is 2.75. The predicted molar refractivity (Wildman–Crippen MR) is 128 cm³/mol. The molecule has 2 aliphatic rings. The Morgan fingerprint density at radius 3 is 2.53 bits per heavy atom. The number of allylic oxidation sites excluding steroid dienone is 1. The van der Waals surface area contributed by atoms with Gasteiger partial charge in [0.1, 0.15) is 18.1 Å². The van der Waals surface area contributed by atoms with E-state index in [9.17, 15) is 4.79 Å². The normalized spacial score (nSPS) is 17.0. The van der Waals surface area contributed by atoms with Crippen LogP contribution in [0.5, 0.6) is 11.5 Å². The minimum absolute atomic E-state index is 0.149. The number of pyridine rings is 1. The Hall–Kier alpha value is -2.57. The molecule has 0 unspecified atom stereocenters. The predicted octanol–water partition coefficient (Wildman–Crippen LogP) is 4.50. The number of likely N-dealkylation sites (tertiary alicyclic amines) is 1. The van der Waals surface area contributed by atoms with Crippen LogP contribution in [0.4, 0.5) is 0 Å². The highest BCUT2D eigenvalue weighted by Crippen LogP contribution is 2.21. The molecule has 0 aliphatic carbocycles. The first-order valence-electron chi connectivity index (χ1n) is 11.2. The minimum Gasteiger partial charge on any atom is -0.493 e. The van der Waals surface area contributed by atoms with E-state index in [0.717, 1.165) is 61.3 Å². The maximum atomic E-state index is 12.6. The Kier molecular flexibility index (Phi) is 7.33. The van der Waals surface area contributed by atoms with Gasteiger partial charge < -0.3 is 14.4 Å². The van der Waals surface area contributed by atoms with Crippen LogP contribution < -0.4 is 15.0 Å². The zero-order valence-corrected chi connectivity index (χ0v) is 19.4. The van der Waals surface area contributed by atoms with E-state index in [1.807, 2.05) is 24.3 Å². The van der Waals surface area contributed by atoms with E-state index in [1.165, 1.54) is 6.07 Å². The molecule has 1 fully saturated rings. The summed E-state index contributed by atoms with van der Waals surface area (Å²) in [5.41, 5.74) is 1.56. The molecule has 0 atom stereocenters. The molecule has 0 saturated carbocycles. The first-order valence-corrected chi connectivity index (χ1v) is 11.6. The van der Waals surface area contributed by atoms with Gasteiger partial charge in [-0.2, -0.15) is 0 Å². The third kappa shape index (κ3) is 6.02. The molecule has 1 aromatic heterocycles. The number of hydrogen-bond acceptors (Lipinski definition) is 5. The molecule has 0 amide bonds. The summed E-state index contributed by atoms with van der Waals surface area (Å²) in [6.07, 6.45) is 4.94. The van der Waals surface area contributed by atoms with E-state index < -0.39 is 0 Å². The molecule has 3 heterocycles. The van der Waals surface area contributed by atoms with Crippen molar-refractivity contribution in [1.29, 1.82) is 0 Å². The van der Waals surface area contributed by atoms with Gasteiger partial charge in [-0.15, -0.1) is 0 Å². The number of hydrogen-bond donors (Lipinski definition) is 0. The van der Waals surface area contributed by atoms with Crippen LogP contribution in [-0.4, -0.2) is 48.0 Å². The van der Waals surface area contributed by atoms with Crippen molar-refractivity contribution in [3.8, 4) is 17.2 Å². The standard InChI is InChI=1S/C25H30ClN3O3/c1-18(2)13-28-14-19(15-28)16-31-23-7-5-22(6-8-23)29-10-9-24(11-25(29)30)32-17-21-4-3-20(26)12-27-21/h5-12,18-19H,3-4,13-17H2,1-2H3. The number of ether oxygens (including phenoxy) is 2. The van der Waals surface area contributed by atoms with Crippen LogP contribution in [0.25, 0.3) is 5.69 Å². The summed E-state index contributed by atoms with van der Waals surface area (Å²) in [4.78, 5) is 19.3. The van der Waals surface area contributed by atoms with E-state index in [2.05, 4.69) is 23.7 Å². The van der Waals surface area contributed by atoms with Gasteiger partial charge in [-0.3, -0.25) is 14.4 Å². The van der Waals surface area contributed by atoms with Crippen LogP contribution in [0.15, 0.2) is 63.6 Å². The Balaban J connectivity index is 1.28. The molecule has 0 N–H and O–H groups in total.